The number of Topliss-reactive ketones (excluding diaryl/α,β-unsaturated/α-hetero) is 1. The van der Waals surface area contributed by atoms with Crippen molar-refractivity contribution in [3.63, 3.8) is 0 Å². The van der Waals surface area contributed by atoms with Crippen LogP contribution in [0.5, 0.6) is 0 Å². The molecule has 128 valence electrons. The third-order valence-corrected chi connectivity index (χ3v) is 3.92. The van der Waals surface area contributed by atoms with Gasteiger partial charge >= 0.3 is 5.97 Å². The second-order valence-electron chi connectivity index (χ2n) is 5.59. The van der Waals surface area contributed by atoms with Crippen molar-refractivity contribution in [2.45, 2.75) is 39.0 Å². The number of ketones is 1. The van der Waals surface area contributed by atoms with E-state index in [-0.39, 0.29) is 23.4 Å². The molecule has 0 saturated heterocycles. The molecule has 0 aromatic carbocycles. The highest BCUT2D eigenvalue weighted by Gasteiger charge is 2.24. The van der Waals surface area contributed by atoms with E-state index in [1.165, 1.54) is 13.0 Å². The van der Waals surface area contributed by atoms with E-state index < -0.39 is 0 Å². The smallest absolute Gasteiger partial charge is 0.330 e. The second-order valence-corrected chi connectivity index (χ2v) is 5.59. The summed E-state index contributed by atoms with van der Waals surface area (Å²) >= 11 is 0. The fraction of sp³-hybridized carbons (Fsp3) is 0.368. The van der Waals surface area contributed by atoms with E-state index in [1.807, 2.05) is 6.07 Å². The number of furan rings is 1. The summed E-state index contributed by atoms with van der Waals surface area (Å²) in [5.41, 5.74) is 1.35. The molecule has 0 spiro atoms. The van der Waals surface area contributed by atoms with E-state index in [0.717, 1.165) is 11.3 Å². The molecular weight excluding hydrogens is 308 g/mol. The van der Waals surface area contributed by atoms with Crippen LogP contribution in [-0.2, 0) is 14.3 Å². The maximum Gasteiger partial charge on any atom is 0.330 e. The van der Waals surface area contributed by atoms with Crippen molar-refractivity contribution >= 4 is 11.8 Å². The van der Waals surface area contributed by atoms with Crippen LogP contribution in [-0.4, -0.2) is 23.5 Å². The number of carbonyl (C=O) groups is 2. The first-order chi connectivity index (χ1) is 11.5. The number of aliphatic hydroxyl groups is 1. The average Bonchev–Trinajstić information content (AvgIpc) is 3.06. The predicted molar refractivity (Wildman–Crippen MR) is 89.5 cm³/mol. The molecule has 2 rings (SSSR count). The predicted octanol–water partition coefficient (Wildman–Crippen LogP) is 3.99. The third-order valence-electron chi connectivity index (χ3n) is 3.92. The number of ether oxygens (including phenoxy) is 1. The zero-order valence-electron chi connectivity index (χ0n) is 14.0. The van der Waals surface area contributed by atoms with Gasteiger partial charge in [0.25, 0.3) is 0 Å². The van der Waals surface area contributed by atoms with Crippen LogP contribution >= 0.6 is 0 Å². The maximum absolute atomic E-state index is 11.7. The molecule has 1 heterocycles. The van der Waals surface area contributed by atoms with Crippen molar-refractivity contribution in [1.29, 1.82) is 0 Å². The highest BCUT2D eigenvalue weighted by Crippen LogP contribution is 2.36. The monoisotopic (exact) mass is 330 g/mol. The van der Waals surface area contributed by atoms with Gasteiger partial charge in [-0.05, 0) is 44.9 Å². The van der Waals surface area contributed by atoms with Crippen LogP contribution in [0, 0.1) is 0 Å². The van der Waals surface area contributed by atoms with Crippen LogP contribution in [0.2, 0.25) is 0 Å². The zero-order valence-corrected chi connectivity index (χ0v) is 14.0. The maximum atomic E-state index is 11.7. The number of carbonyl (C=O) groups excluding carboxylic acids is 2. The number of aliphatic hydroxyl groups excluding tert-OH is 1. The van der Waals surface area contributed by atoms with Gasteiger partial charge in [-0.2, -0.15) is 0 Å². The summed E-state index contributed by atoms with van der Waals surface area (Å²) < 4.78 is 10.4. The Hall–Kier alpha value is -2.56. The molecule has 1 N–H and O–H groups in total. The topological polar surface area (TPSA) is 76.7 Å². The lowest BCUT2D eigenvalue weighted by molar-refractivity contribution is -0.137. The first kappa shape index (κ1) is 17.8. The van der Waals surface area contributed by atoms with E-state index in [0.29, 0.717) is 31.4 Å². The van der Waals surface area contributed by atoms with Gasteiger partial charge in [-0.1, -0.05) is 11.6 Å². The quantitative estimate of drug-likeness (QED) is 0.604. The molecular formula is C19H22O5. The van der Waals surface area contributed by atoms with Crippen LogP contribution in [0.1, 0.15) is 44.8 Å². The van der Waals surface area contributed by atoms with Gasteiger partial charge in [0.1, 0.15) is 11.5 Å². The summed E-state index contributed by atoms with van der Waals surface area (Å²) in [4.78, 5) is 23.1. The van der Waals surface area contributed by atoms with E-state index in [4.69, 9.17) is 9.15 Å². The van der Waals surface area contributed by atoms with Gasteiger partial charge < -0.3 is 14.3 Å². The Kier molecular flexibility index (Phi) is 6.18. The highest BCUT2D eigenvalue weighted by atomic mass is 16.5. The number of esters is 1. The molecule has 5 nitrogen and oxygen atoms in total. The lowest BCUT2D eigenvalue weighted by Crippen LogP contribution is -2.10. The minimum Gasteiger partial charge on any atom is -0.512 e. The van der Waals surface area contributed by atoms with Crippen molar-refractivity contribution in [1.82, 2.24) is 0 Å². The second kappa shape index (κ2) is 8.34. The Morgan fingerprint density at radius 2 is 2.21 bits per heavy atom. The van der Waals surface area contributed by atoms with Crippen molar-refractivity contribution in [3.05, 3.63) is 59.3 Å². The average molecular weight is 330 g/mol. The third kappa shape index (κ3) is 4.47. The summed E-state index contributed by atoms with van der Waals surface area (Å²) in [5, 5.41) is 9.89. The molecule has 5 heteroatoms. The summed E-state index contributed by atoms with van der Waals surface area (Å²) in [6.07, 6.45) is 8.11. The number of hydrogen-bond acceptors (Lipinski definition) is 5. The Labute approximate surface area is 141 Å². The van der Waals surface area contributed by atoms with Gasteiger partial charge in [0.05, 0.1) is 18.4 Å². The van der Waals surface area contributed by atoms with Crippen LogP contribution in [0.3, 0.4) is 0 Å². The highest BCUT2D eigenvalue weighted by molar-refractivity contribution is 5.97. The summed E-state index contributed by atoms with van der Waals surface area (Å²) in [6.45, 7) is 3.53. The van der Waals surface area contributed by atoms with E-state index in [2.05, 4.69) is 0 Å². The fourth-order valence-electron chi connectivity index (χ4n) is 2.75. The van der Waals surface area contributed by atoms with Crippen LogP contribution in [0.4, 0.5) is 0 Å². The normalized spacial score (nSPS) is 16.2. The number of hydrogen-bond donors (Lipinski definition) is 1. The summed E-state index contributed by atoms with van der Waals surface area (Å²) in [5.74, 6) is 0.263. The largest absolute Gasteiger partial charge is 0.512 e. The van der Waals surface area contributed by atoms with Crippen LogP contribution in [0.25, 0.3) is 0 Å². The summed E-state index contributed by atoms with van der Waals surface area (Å²) in [6, 6.07) is 3.68. The molecule has 0 saturated carbocycles. The standard InChI is InChI=1S/C19H22O5/c1-3-23-19(22)8-4-6-15(18-7-5-11-24-18)14-9-10-17(21)16(12-14)13(2)20/h4-5,7-8,11-12,15,21H,3,6,9-10H2,1-2H3/b8-4+/t15-/m0/s1. The van der Waals surface area contributed by atoms with Gasteiger partial charge in [0.2, 0.25) is 0 Å². The SMILES string of the molecule is CCOC(=O)/C=C/C[C@@H](C1=CC(C(C)=O)=C(O)CC1)c1ccco1. The Morgan fingerprint density at radius 1 is 1.42 bits per heavy atom. The van der Waals surface area contributed by atoms with E-state index >= 15 is 0 Å². The van der Waals surface area contributed by atoms with Gasteiger partial charge in [0, 0.05) is 18.4 Å². The Balaban J connectivity index is 2.23. The van der Waals surface area contributed by atoms with Crippen LogP contribution in [0.15, 0.2) is 57.9 Å². The van der Waals surface area contributed by atoms with Crippen molar-refractivity contribution in [2.24, 2.45) is 0 Å². The lowest BCUT2D eigenvalue weighted by atomic mass is 9.84. The molecule has 0 amide bonds. The number of rotatable bonds is 7. The first-order valence-electron chi connectivity index (χ1n) is 8.03. The fourth-order valence-corrected chi connectivity index (χ4v) is 2.75. The first-order valence-corrected chi connectivity index (χ1v) is 8.03. The molecule has 1 atom stereocenters. The van der Waals surface area contributed by atoms with Crippen molar-refractivity contribution < 1.29 is 23.8 Å². The summed E-state index contributed by atoms with van der Waals surface area (Å²) in [7, 11) is 0. The van der Waals surface area contributed by atoms with Gasteiger partial charge in [-0.15, -0.1) is 0 Å². The number of allylic oxidation sites excluding steroid dienone is 5. The minimum absolute atomic E-state index is 0.0897. The molecule has 1 aliphatic rings. The van der Waals surface area contributed by atoms with E-state index in [1.54, 1.807) is 31.4 Å². The molecule has 0 aliphatic heterocycles. The van der Waals surface area contributed by atoms with Gasteiger partial charge in [-0.25, -0.2) is 4.79 Å². The van der Waals surface area contributed by atoms with Crippen molar-refractivity contribution in [3.8, 4) is 0 Å². The molecule has 24 heavy (non-hydrogen) atoms. The molecule has 0 bridgehead atoms. The molecule has 1 aliphatic carbocycles. The Bertz CT molecular complexity index is 677. The van der Waals surface area contributed by atoms with Crippen LogP contribution < -0.4 is 0 Å². The van der Waals surface area contributed by atoms with Gasteiger partial charge in [-0.3, -0.25) is 4.79 Å². The van der Waals surface area contributed by atoms with Crippen molar-refractivity contribution in [2.75, 3.05) is 6.61 Å². The zero-order chi connectivity index (χ0) is 17.5. The molecule has 0 unspecified atom stereocenters. The molecule has 1 aromatic heterocycles. The molecule has 0 fully saturated rings. The Morgan fingerprint density at radius 3 is 2.83 bits per heavy atom. The molecule has 1 aromatic rings. The van der Waals surface area contributed by atoms with E-state index in [9.17, 15) is 14.7 Å². The molecule has 0 radical (unpaired) electrons. The lowest BCUT2D eigenvalue weighted by Gasteiger charge is -2.21. The minimum atomic E-state index is -0.379. The van der Waals surface area contributed by atoms with Gasteiger partial charge in [0.15, 0.2) is 5.78 Å².